The predicted octanol–water partition coefficient (Wildman–Crippen LogP) is 0.773. The zero-order valence-electron chi connectivity index (χ0n) is 14.4. The van der Waals surface area contributed by atoms with E-state index in [1.54, 1.807) is 11.0 Å². The lowest BCUT2D eigenvalue weighted by Crippen LogP contribution is -2.41. The second-order valence-corrected chi connectivity index (χ2v) is 7.37. The van der Waals surface area contributed by atoms with E-state index in [4.69, 9.17) is 9.47 Å². The molecule has 0 saturated heterocycles. The van der Waals surface area contributed by atoms with Gasteiger partial charge in [-0.2, -0.15) is 0 Å². The summed E-state index contributed by atoms with van der Waals surface area (Å²) >= 11 is 0. The molecule has 0 bridgehead atoms. The molecule has 0 saturated carbocycles. The van der Waals surface area contributed by atoms with E-state index < -0.39 is 12.7 Å². The molecule has 2 aliphatic rings. The molecule has 1 amide bonds. The molecule has 0 fully saturated rings. The van der Waals surface area contributed by atoms with Gasteiger partial charge in [0.15, 0.2) is 0 Å². The first-order valence-electron chi connectivity index (χ1n) is 8.36. The number of hydrogen-bond donors (Lipinski definition) is 2. The Kier molecular flexibility index (Phi) is 4.59. The van der Waals surface area contributed by atoms with Crippen molar-refractivity contribution in [1.82, 2.24) is 4.90 Å². The van der Waals surface area contributed by atoms with Crippen LogP contribution in [0.1, 0.15) is 43.6 Å². The van der Waals surface area contributed by atoms with Gasteiger partial charge in [-0.15, -0.1) is 0 Å². The number of ether oxygens (including phenoxy) is 2. The SMILES string of the molecule is CC(C)(C)OC(=O)N1CCc2ccc(B(O)O)c3c2C(C1)OCC3. The minimum atomic E-state index is -1.49. The molecule has 1 unspecified atom stereocenters. The van der Waals surface area contributed by atoms with E-state index >= 15 is 0 Å². The van der Waals surface area contributed by atoms with Gasteiger partial charge in [-0.25, -0.2) is 4.79 Å². The van der Waals surface area contributed by atoms with E-state index in [0.29, 0.717) is 38.0 Å². The fourth-order valence-corrected chi connectivity index (χ4v) is 3.44. The molecular formula is C17H24BNO5. The molecular weight excluding hydrogens is 309 g/mol. The molecule has 1 atom stereocenters. The van der Waals surface area contributed by atoms with Crippen LogP contribution in [0.4, 0.5) is 4.79 Å². The third-order valence-corrected chi connectivity index (χ3v) is 4.44. The van der Waals surface area contributed by atoms with Crippen LogP contribution in [0.5, 0.6) is 0 Å². The summed E-state index contributed by atoms with van der Waals surface area (Å²) in [5.74, 6) is 0. The Bertz CT molecular complexity index is 641. The van der Waals surface area contributed by atoms with Gasteiger partial charge in [0.25, 0.3) is 0 Å². The van der Waals surface area contributed by atoms with Crippen molar-refractivity contribution in [1.29, 1.82) is 0 Å². The number of carbonyl (C=O) groups excluding carboxylic acids is 1. The Hall–Kier alpha value is -1.57. The molecule has 1 aromatic carbocycles. The van der Waals surface area contributed by atoms with Gasteiger partial charge in [0, 0.05) is 6.54 Å². The van der Waals surface area contributed by atoms with Crippen molar-refractivity contribution in [3.8, 4) is 0 Å². The van der Waals surface area contributed by atoms with Crippen LogP contribution >= 0.6 is 0 Å². The fraction of sp³-hybridized carbons (Fsp3) is 0.588. The normalized spacial score (nSPS) is 20.2. The van der Waals surface area contributed by atoms with Gasteiger partial charge in [-0.1, -0.05) is 12.1 Å². The number of hydrogen-bond acceptors (Lipinski definition) is 5. The maximum atomic E-state index is 12.4. The molecule has 2 N–H and O–H groups in total. The lowest BCUT2D eigenvalue weighted by Gasteiger charge is -2.31. The zero-order valence-corrected chi connectivity index (χ0v) is 14.4. The van der Waals surface area contributed by atoms with Gasteiger partial charge in [-0.05, 0) is 55.8 Å². The lowest BCUT2D eigenvalue weighted by molar-refractivity contribution is -0.00439. The van der Waals surface area contributed by atoms with Crippen LogP contribution < -0.4 is 5.46 Å². The molecule has 2 heterocycles. The molecule has 0 aromatic heterocycles. The summed E-state index contributed by atoms with van der Waals surface area (Å²) in [6.07, 6.45) is 0.758. The molecule has 7 heteroatoms. The summed E-state index contributed by atoms with van der Waals surface area (Å²) in [6, 6.07) is 3.68. The molecule has 1 aromatic rings. The van der Waals surface area contributed by atoms with E-state index in [0.717, 1.165) is 16.7 Å². The van der Waals surface area contributed by atoms with Gasteiger partial charge < -0.3 is 24.4 Å². The number of amides is 1. The molecule has 0 spiro atoms. The van der Waals surface area contributed by atoms with Crippen LogP contribution in [0, 0.1) is 0 Å². The molecule has 2 aliphatic heterocycles. The number of benzene rings is 1. The summed E-state index contributed by atoms with van der Waals surface area (Å²) < 4.78 is 11.4. The van der Waals surface area contributed by atoms with Crippen molar-refractivity contribution in [3.05, 3.63) is 28.8 Å². The third-order valence-electron chi connectivity index (χ3n) is 4.44. The van der Waals surface area contributed by atoms with Crippen LogP contribution in [0.2, 0.25) is 0 Å². The van der Waals surface area contributed by atoms with E-state index in [9.17, 15) is 14.8 Å². The molecule has 130 valence electrons. The molecule has 3 rings (SSSR count). The van der Waals surface area contributed by atoms with Gasteiger partial charge in [0.05, 0.1) is 13.2 Å². The second-order valence-electron chi connectivity index (χ2n) is 7.37. The first-order valence-corrected chi connectivity index (χ1v) is 8.36. The average molecular weight is 333 g/mol. The van der Waals surface area contributed by atoms with Crippen LogP contribution in [-0.4, -0.2) is 53.5 Å². The Morgan fingerprint density at radius 2 is 2.08 bits per heavy atom. The highest BCUT2D eigenvalue weighted by molar-refractivity contribution is 6.59. The van der Waals surface area contributed by atoms with Crippen LogP contribution in [0.3, 0.4) is 0 Å². The maximum Gasteiger partial charge on any atom is 0.488 e. The fourth-order valence-electron chi connectivity index (χ4n) is 3.44. The summed E-state index contributed by atoms with van der Waals surface area (Å²) in [4.78, 5) is 14.1. The van der Waals surface area contributed by atoms with Crippen LogP contribution in [0.15, 0.2) is 12.1 Å². The summed E-state index contributed by atoms with van der Waals surface area (Å²) in [7, 11) is -1.49. The van der Waals surface area contributed by atoms with Crippen molar-refractivity contribution < 1.29 is 24.3 Å². The van der Waals surface area contributed by atoms with Gasteiger partial charge in [0.2, 0.25) is 0 Å². The number of rotatable bonds is 1. The standard InChI is InChI=1S/C17H24BNO5/c1-17(2,3)24-16(20)19-8-6-11-4-5-13(18(21)22)12-7-9-23-14(10-19)15(11)12/h4-5,14,21-22H,6-10H2,1-3H3. The Labute approximate surface area is 142 Å². The van der Waals surface area contributed by atoms with Crippen molar-refractivity contribution in [2.75, 3.05) is 19.7 Å². The van der Waals surface area contributed by atoms with Crippen LogP contribution in [-0.2, 0) is 22.3 Å². The topological polar surface area (TPSA) is 79.2 Å². The molecule has 0 aliphatic carbocycles. The van der Waals surface area contributed by atoms with Gasteiger partial charge in [0.1, 0.15) is 11.7 Å². The quantitative estimate of drug-likeness (QED) is 0.743. The average Bonchev–Trinajstić information content (AvgIpc) is 2.67. The minimum Gasteiger partial charge on any atom is -0.444 e. The Balaban J connectivity index is 1.90. The van der Waals surface area contributed by atoms with Crippen molar-refractivity contribution in [3.63, 3.8) is 0 Å². The molecule has 24 heavy (non-hydrogen) atoms. The molecule has 6 nitrogen and oxygen atoms in total. The van der Waals surface area contributed by atoms with Crippen molar-refractivity contribution in [2.45, 2.75) is 45.3 Å². The monoisotopic (exact) mass is 333 g/mol. The number of nitrogens with zero attached hydrogens (tertiary/aromatic N) is 1. The second kappa shape index (κ2) is 6.39. The van der Waals surface area contributed by atoms with Gasteiger partial charge in [-0.3, -0.25) is 0 Å². The summed E-state index contributed by atoms with van der Waals surface area (Å²) in [5, 5.41) is 19.2. The highest BCUT2D eigenvalue weighted by atomic mass is 16.6. The Morgan fingerprint density at radius 1 is 1.33 bits per heavy atom. The summed E-state index contributed by atoms with van der Waals surface area (Å²) in [6.45, 7) is 7.02. The largest absolute Gasteiger partial charge is 0.488 e. The zero-order chi connectivity index (χ0) is 17.5. The van der Waals surface area contributed by atoms with Crippen molar-refractivity contribution in [2.24, 2.45) is 0 Å². The Morgan fingerprint density at radius 3 is 2.75 bits per heavy atom. The van der Waals surface area contributed by atoms with E-state index in [1.807, 2.05) is 26.8 Å². The minimum absolute atomic E-state index is 0.252. The third kappa shape index (κ3) is 3.43. The highest BCUT2D eigenvalue weighted by Gasteiger charge is 2.34. The molecule has 0 radical (unpaired) electrons. The summed E-state index contributed by atoms with van der Waals surface area (Å²) in [5.41, 5.74) is 3.06. The highest BCUT2D eigenvalue weighted by Crippen LogP contribution is 2.33. The first kappa shape index (κ1) is 17.3. The van der Waals surface area contributed by atoms with Gasteiger partial charge >= 0.3 is 13.2 Å². The van der Waals surface area contributed by atoms with E-state index in [1.165, 1.54) is 0 Å². The maximum absolute atomic E-state index is 12.4. The van der Waals surface area contributed by atoms with Crippen molar-refractivity contribution >= 4 is 18.7 Å². The van der Waals surface area contributed by atoms with E-state index in [2.05, 4.69) is 0 Å². The smallest absolute Gasteiger partial charge is 0.444 e. The van der Waals surface area contributed by atoms with E-state index in [-0.39, 0.29) is 12.2 Å². The lowest BCUT2D eigenvalue weighted by atomic mass is 9.72. The number of carbonyl (C=O) groups is 1. The van der Waals surface area contributed by atoms with Crippen LogP contribution in [0.25, 0.3) is 0 Å². The first-order chi connectivity index (χ1) is 11.3. The predicted molar refractivity (Wildman–Crippen MR) is 90.2 cm³/mol.